The van der Waals surface area contributed by atoms with Gasteiger partial charge in [0.1, 0.15) is 11.9 Å². The van der Waals surface area contributed by atoms with E-state index < -0.39 is 12.1 Å². The maximum Gasteiger partial charge on any atom is 0.407 e. The van der Waals surface area contributed by atoms with Crippen LogP contribution >= 0.6 is 27.3 Å². The molecule has 1 spiro atoms. The number of benzene rings is 1. The minimum absolute atomic E-state index is 0.0906. The predicted molar refractivity (Wildman–Crippen MR) is 169 cm³/mol. The second-order valence-electron chi connectivity index (χ2n) is 12.7. The number of aromatic amines is 1. The van der Waals surface area contributed by atoms with Crippen LogP contribution in [-0.4, -0.2) is 51.7 Å². The van der Waals surface area contributed by atoms with E-state index in [2.05, 4.69) is 43.5 Å². The number of carbonyl (C=O) groups excluding carboxylic acids is 2. The predicted octanol–water partition coefficient (Wildman–Crippen LogP) is 7.41. The number of hydrogen-bond acceptors (Lipinski definition) is 7. The zero-order chi connectivity index (χ0) is 29.9. The van der Waals surface area contributed by atoms with Crippen molar-refractivity contribution in [2.45, 2.75) is 77.3 Å². The van der Waals surface area contributed by atoms with Gasteiger partial charge in [-0.3, -0.25) is 4.79 Å². The third-order valence-electron chi connectivity index (χ3n) is 9.73. The van der Waals surface area contributed by atoms with Gasteiger partial charge in [0.15, 0.2) is 5.58 Å². The summed E-state index contributed by atoms with van der Waals surface area (Å²) in [5.41, 5.74) is 7.01. The van der Waals surface area contributed by atoms with Crippen molar-refractivity contribution >= 4 is 50.2 Å². The minimum Gasteiger partial charge on any atom is -0.453 e. The Balaban J connectivity index is 1.18. The largest absolute Gasteiger partial charge is 0.453 e. The van der Waals surface area contributed by atoms with Gasteiger partial charge in [-0.2, -0.15) is 0 Å². The lowest BCUT2D eigenvalue weighted by atomic mass is 9.83. The Bertz CT molecular complexity index is 1700. The van der Waals surface area contributed by atoms with E-state index in [1.807, 2.05) is 42.5 Å². The molecule has 1 saturated carbocycles. The molecule has 1 aliphatic heterocycles. The highest BCUT2D eigenvalue weighted by Gasteiger charge is 2.43. The summed E-state index contributed by atoms with van der Waals surface area (Å²) in [5, 5.41) is 7.92. The molecular formula is C32H36BrN5O4S. The third kappa shape index (κ3) is 4.88. The fourth-order valence-electron chi connectivity index (χ4n) is 7.54. The van der Waals surface area contributed by atoms with Crippen molar-refractivity contribution in [2.24, 2.45) is 11.3 Å². The number of hydrogen-bond donors (Lipinski definition) is 2. The van der Waals surface area contributed by atoms with Crippen LogP contribution < -0.4 is 5.32 Å². The number of nitrogens with zero attached hydrogens (tertiary/aromatic N) is 3. The van der Waals surface area contributed by atoms with Gasteiger partial charge in [-0.25, -0.2) is 9.78 Å². The number of rotatable bonds is 6. The highest BCUT2D eigenvalue weighted by atomic mass is 79.9. The van der Waals surface area contributed by atoms with Gasteiger partial charge >= 0.3 is 6.09 Å². The van der Waals surface area contributed by atoms with Gasteiger partial charge in [-0.05, 0) is 83.0 Å². The highest BCUT2D eigenvalue weighted by Crippen LogP contribution is 2.56. The van der Waals surface area contributed by atoms with Crippen LogP contribution in [0, 0.1) is 11.3 Å². The van der Waals surface area contributed by atoms with E-state index in [-0.39, 0.29) is 17.9 Å². The van der Waals surface area contributed by atoms with Crippen molar-refractivity contribution in [3.8, 4) is 21.7 Å². The van der Waals surface area contributed by atoms with Crippen molar-refractivity contribution in [2.75, 3.05) is 13.7 Å². The molecule has 2 N–H and O–H groups in total. The van der Waals surface area contributed by atoms with Gasteiger partial charge in [0.2, 0.25) is 5.91 Å². The maximum absolute atomic E-state index is 13.6. The Hall–Kier alpha value is -3.18. The van der Waals surface area contributed by atoms with E-state index in [1.165, 1.54) is 59.0 Å². The zero-order valence-corrected chi connectivity index (χ0v) is 27.1. The summed E-state index contributed by atoms with van der Waals surface area (Å²) < 4.78 is 11.9. The second-order valence-corrected chi connectivity index (χ2v) is 15.0. The van der Waals surface area contributed by atoms with Crippen LogP contribution in [0.5, 0.6) is 0 Å². The topological polar surface area (TPSA) is 113 Å². The summed E-state index contributed by atoms with van der Waals surface area (Å²) in [6.45, 7) is 4.43. The number of ether oxygens (including phenoxy) is 1. The van der Waals surface area contributed by atoms with Crippen LogP contribution in [0.2, 0.25) is 0 Å². The number of alkyl carbamates (subject to hydrolysis) is 1. The molecule has 2 amide bonds. The molecule has 1 saturated heterocycles. The van der Waals surface area contributed by atoms with Gasteiger partial charge in [0, 0.05) is 22.5 Å². The molecule has 0 unspecified atom stereocenters. The second kappa shape index (κ2) is 11.1. The summed E-state index contributed by atoms with van der Waals surface area (Å²) in [4.78, 5) is 36.8. The van der Waals surface area contributed by atoms with E-state index in [1.54, 1.807) is 0 Å². The number of H-pyrrole nitrogens is 1. The van der Waals surface area contributed by atoms with Crippen LogP contribution in [0.3, 0.4) is 0 Å². The third-order valence-corrected chi connectivity index (χ3v) is 11.8. The molecule has 3 aliphatic rings. The Morgan fingerprint density at radius 1 is 1.16 bits per heavy atom. The van der Waals surface area contributed by atoms with E-state index in [9.17, 15) is 9.59 Å². The molecule has 1 aromatic carbocycles. The first-order chi connectivity index (χ1) is 20.8. The number of nitrogens with one attached hydrogen (secondary N) is 2. The summed E-state index contributed by atoms with van der Waals surface area (Å²) >= 11 is 5.72. The van der Waals surface area contributed by atoms with Crippen LogP contribution in [-0.2, 0) is 22.4 Å². The lowest BCUT2D eigenvalue weighted by molar-refractivity contribution is -0.135. The van der Waals surface area contributed by atoms with Crippen LogP contribution in [0.25, 0.3) is 32.7 Å². The van der Waals surface area contributed by atoms with E-state index in [4.69, 9.17) is 14.2 Å². The van der Waals surface area contributed by atoms with E-state index in [0.29, 0.717) is 12.0 Å². The summed E-state index contributed by atoms with van der Waals surface area (Å²) in [5.74, 6) is 0.504. The lowest BCUT2D eigenvalue weighted by Gasteiger charge is -2.30. The first-order valence-electron chi connectivity index (χ1n) is 15.2. The Morgan fingerprint density at radius 2 is 1.93 bits per heavy atom. The monoisotopic (exact) mass is 665 g/mol. The summed E-state index contributed by atoms with van der Waals surface area (Å²) in [6.07, 6.45) is 12.3. The fraction of sp³-hybridized carbons (Fsp3) is 0.500. The van der Waals surface area contributed by atoms with E-state index in [0.717, 1.165) is 52.9 Å². The number of thiophene rings is 1. The molecule has 4 aromatic rings. The highest BCUT2D eigenvalue weighted by molar-refractivity contribution is 9.11. The zero-order valence-electron chi connectivity index (χ0n) is 24.7. The number of carbonyl (C=O) groups is 2. The molecule has 43 heavy (non-hydrogen) atoms. The number of imidazole rings is 1. The molecule has 2 fully saturated rings. The molecule has 4 heterocycles. The Labute approximate surface area is 262 Å². The quantitative estimate of drug-likeness (QED) is 0.222. The first-order valence-corrected chi connectivity index (χ1v) is 16.8. The van der Waals surface area contributed by atoms with Crippen molar-refractivity contribution < 1.29 is 18.8 Å². The van der Waals surface area contributed by atoms with Crippen molar-refractivity contribution in [3.05, 3.63) is 45.3 Å². The van der Waals surface area contributed by atoms with Gasteiger partial charge in [0.25, 0.3) is 0 Å². The Morgan fingerprint density at radius 3 is 2.70 bits per heavy atom. The number of fused-ring (bicyclic) bond motifs is 2. The Kier molecular flexibility index (Phi) is 7.36. The van der Waals surface area contributed by atoms with Gasteiger partial charge < -0.3 is 24.5 Å². The van der Waals surface area contributed by atoms with Crippen molar-refractivity contribution in [3.63, 3.8) is 0 Å². The van der Waals surface area contributed by atoms with Gasteiger partial charge in [-0.1, -0.05) is 37.9 Å². The number of methoxy groups -OCH3 is 1. The normalized spacial score (nSPS) is 19.9. The first kappa shape index (κ1) is 28.6. The minimum atomic E-state index is -0.675. The average molecular weight is 667 g/mol. The van der Waals surface area contributed by atoms with Crippen LogP contribution in [0.1, 0.15) is 75.4 Å². The molecular weight excluding hydrogens is 630 g/mol. The number of aromatic nitrogens is 3. The summed E-state index contributed by atoms with van der Waals surface area (Å²) in [6, 6.07) is 3.39. The van der Waals surface area contributed by atoms with Crippen molar-refractivity contribution in [1.29, 1.82) is 0 Å². The molecule has 0 bridgehead atoms. The number of likely N-dealkylation sites (tertiary alicyclic amines) is 1. The van der Waals surface area contributed by atoms with Crippen LogP contribution in [0.4, 0.5) is 4.79 Å². The van der Waals surface area contributed by atoms with Gasteiger partial charge in [0.05, 0.1) is 40.4 Å². The standard InChI is InChI=1S/C32H36BrN5O4S/c1-17(2)25(37-31(40)41-3)30(39)38-12-6-7-24(38)29-34-16-23(36-29)19-9-8-18(22-15-35-42-26(19)22)27-20-13-32(10-4-5-11-32)14-21(20)28(33)43-27/h8-9,15-17,24-25H,4-7,10-14H2,1-3H3,(H,34,36)(H,37,40)/t24-,25-/m0/s1. The molecule has 2 aliphatic carbocycles. The van der Waals surface area contributed by atoms with Gasteiger partial charge in [-0.15, -0.1) is 11.3 Å². The molecule has 9 nitrogen and oxygen atoms in total. The number of amides is 2. The molecule has 0 radical (unpaired) electrons. The molecule has 11 heteroatoms. The van der Waals surface area contributed by atoms with Crippen molar-refractivity contribution in [1.82, 2.24) is 25.3 Å². The van der Waals surface area contributed by atoms with Crippen LogP contribution in [0.15, 0.2) is 32.8 Å². The summed E-state index contributed by atoms with van der Waals surface area (Å²) in [7, 11) is 1.30. The molecule has 3 aromatic heterocycles. The number of halogens is 1. The fourth-order valence-corrected chi connectivity index (χ4v) is 9.51. The lowest BCUT2D eigenvalue weighted by Crippen LogP contribution is -2.51. The SMILES string of the molecule is COC(=O)N[C@H](C(=O)N1CCC[C@H]1c1ncc(-c2ccc(-c3sc(Br)c4c3CC3(CCCC3)C4)c3cnoc23)[nH]1)C(C)C. The smallest absolute Gasteiger partial charge is 0.407 e. The maximum atomic E-state index is 13.6. The molecule has 226 valence electrons. The average Bonchev–Trinajstić information content (AvgIpc) is 3.84. The molecule has 2 atom stereocenters. The molecule has 7 rings (SSSR count). The van der Waals surface area contributed by atoms with E-state index >= 15 is 0 Å².